The Morgan fingerprint density at radius 3 is 1.04 bits per heavy atom. The molecule has 0 radical (unpaired) electrons. The van der Waals surface area contributed by atoms with Gasteiger partial charge in [0.05, 0.1) is 11.4 Å². The summed E-state index contributed by atoms with van der Waals surface area (Å²) in [5.41, 5.74) is 33.8. The van der Waals surface area contributed by atoms with E-state index in [2.05, 4.69) is 353 Å². The van der Waals surface area contributed by atoms with Crippen LogP contribution in [0.4, 0.5) is 34.1 Å². The number of fused-ring (bicyclic) bond motifs is 9. The van der Waals surface area contributed by atoms with Crippen molar-refractivity contribution in [2.75, 3.05) is 9.80 Å². The molecule has 112 heavy (non-hydrogen) atoms. The molecule has 0 saturated heterocycles. The van der Waals surface area contributed by atoms with E-state index in [0.29, 0.717) is 10.8 Å². The number of nitrogens with zero attached hydrogens (tertiary/aromatic N) is 2. The van der Waals surface area contributed by atoms with Gasteiger partial charge in [0.1, 0.15) is 0 Å². The lowest BCUT2D eigenvalue weighted by atomic mass is 9.48. The molecule has 2 nitrogen and oxygen atoms in total. The molecule has 0 amide bonds. The van der Waals surface area contributed by atoms with Crippen molar-refractivity contribution in [3.63, 3.8) is 0 Å². The second-order valence-corrected chi connectivity index (χ2v) is 36.8. The van der Waals surface area contributed by atoms with Crippen LogP contribution in [0.2, 0.25) is 0 Å². The Kier molecular flexibility index (Phi) is 14.9. The van der Waals surface area contributed by atoms with Gasteiger partial charge in [-0.2, -0.15) is 0 Å². The molecule has 10 aliphatic rings. The third kappa shape index (κ3) is 10.6. The molecule has 8 saturated carbocycles. The smallest absolute Gasteiger partial charge is 0.0540 e. The van der Waals surface area contributed by atoms with Gasteiger partial charge in [0.2, 0.25) is 0 Å². The number of hydrogen-bond donors (Lipinski definition) is 0. The molecule has 0 N–H and O–H groups in total. The zero-order valence-electron chi connectivity index (χ0n) is 64.9. The van der Waals surface area contributed by atoms with Crippen molar-refractivity contribution in [3.8, 4) is 77.9 Å². The van der Waals surface area contributed by atoms with Gasteiger partial charge in [-0.25, -0.2) is 0 Å². The Morgan fingerprint density at radius 2 is 0.554 bits per heavy atom. The zero-order chi connectivity index (χ0) is 74.3. The highest BCUT2D eigenvalue weighted by Crippen LogP contribution is 2.63. The fraction of sp³-hybridized carbons (Fsp3) is 0.236. The first-order valence-electron chi connectivity index (χ1n) is 42.0. The van der Waals surface area contributed by atoms with Gasteiger partial charge in [-0.05, 0) is 335 Å². The van der Waals surface area contributed by atoms with E-state index in [0.717, 1.165) is 69.6 Å². The summed E-state index contributed by atoms with van der Waals surface area (Å²) in [4.78, 5) is 5.00. The molecule has 0 unspecified atom stereocenters. The van der Waals surface area contributed by atoms with Crippen molar-refractivity contribution in [3.05, 3.63) is 349 Å². The van der Waals surface area contributed by atoms with Crippen LogP contribution in [-0.4, -0.2) is 0 Å². The average molecular weight is 1440 g/mol. The topological polar surface area (TPSA) is 6.48 Å². The quantitative estimate of drug-likeness (QED) is 0.114. The van der Waals surface area contributed by atoms with Gasteiger partial charge < -0.3 is 9.80 Å². The molecule has 0 heterocycles. The van der Waals surface area contributed by atoms with Crippen molar-refractivity contribution in [1.82, 2.24) is 0 Å². The fourth-order valence-corrected chi connectivity index (χ4v) is 25.0. The first-order valence-corrected chi connectivity index (χ1v) is 42.0. The molecule has 15 aromatic carbocycles. The van der Waals surface area contributed by atoms with Crippen molar-refractivity contribution >= 4 is 66.4 Å². The van der Waals surface area contributed by atoms with Crippen LogP contribution < -0.4 is 9.80 Å². The Hall–Kier alpha value is -11.3. The molecule has 25 rings (SSSR count). The van der Waals surface area contributed by atoms with Crippen molar-refractivity contribution < 1.29 is 0 Å². The number of anilines is 6. The van der Waals surface area contributed by atoms with E-state index in [1.54, 1.807) is 11.1 Å². The SMILES string of the molecule is CC1(C)c2cc(-c3ccc(C45CC6CC(CC(C6)C4)C5)cc3)ccc2-c2ccc(N(c3ccc(-c4cccc5c(-c6ccc7c(N(c8ccc(-c9ccccc9)cc8)c8ccc9c(c8)C(C)(C)c8cc(-c%10ccc(C%11%12CC%13CC(CC(C%13)C%11)C%12)cc%10)ccc8-9)cccc7c6)cccc45)cc3)c3cccc4ccccc34)cc21. The van der Waals surface area contributed by atoms with Gasteiger partial charge in [-0.15, -0.1) is 0 Å². The second kappa shape index (κ2) is 25.1. The van der Waals surface area contributed by atoms with Crippen LogP contribution in [0.5, 0.6) is 0 Å². The molecule has 15 aromatic rings. The summed E-state index contributed by atoms with van der Waals surface area (Å²) in [6, 6.07) is 122. The summed E-state index contributed by atoms with van der Waals surface area (Å²) in [5, 5.41) is 7.30. The highest BCUT2D eigenvalue weighted by molar-refractivity contribution is 6.08. The number of hydrogen-bond acceptors (Lipinski definition) is 2. The predicted molar refractivity (Wildman–Crippen MR) is 470 cm³/mol. The van der Waals surface area contributed by atoms with E-state index < -0.39 is 0 Å². The van der Waals surface area contributed by atoms with Crippen LogP contribution in [0.25, 0.3) is 110 Å². The summed E-state index contributed by atoms with van der Waals surface area (Å²) >= 11 is 0. The Labute approximate surface area is 660 Å². The minimum absolute atomic E-state index is 0.214. The van der Waals surface area contributed by atoms with Crippen LogP contribution in [0, 0.1) is 35.5 Å². The molecule has 10 aliphatic carbocycles. The van der Waals surface area contributed by atoms with Crippen LogP contribution in [0.1, 0.15) is 138 Å². The van der Waals surface area contributed by atoms with Crippen LogP contribution in [0.15, 0.2) is 315 Å². The largest absolute Gasteiger partial charge is 0.310 e. The molecule has 0 aromatic heterocycles. The van der Waals surface area contributed by atoms with Crippen LogP contribution in [-0.2, 0) is 21.7 Å². The summed E-state index contributed by atoms with van der Waals surface area (Å²) in [7, 11) is 0. The van der Waals surface area contributed by atoms with Crippen molar-refractivity contribution in [2.24, 2.45) is 35.5 Å². The normalized spacial score (nSPS) is 22.8. The minimum Gasteiger partial charge on any atom is -0.310 e. The maximum atomic E-state index is 2.51. The van der Waals surface area contributed by atoms with Gasteiger partial charge >= 0.3 is 0 Å². The van der Waals surface area contributed by atoms with E-state index in [4.69, 9.17) is 0 Å². The predicted octanol–water partition coefficient (Wildman–Crippen LogP) is 30.0. The number of benzene rings is 15. The lowest BCUT2D eigenvalue weighted by molar-refractivity contribution is -0.00530. The molecular weight excluding hydrogens is 1350 g/mol. The van der Waals surface area contributed by atoms with E-state index in [9.17, 15) is 0 Å². The lowest BCUT2D eigenvalue weighted by Gasteiger charge is -2.57. The summed E-state index contributed by atoms with van der Waals surface area (Å²) < 4.78 is 0. The van der Waals surface area contributed by atoms with E-state index in [-0.39, 0.29) is 10.8 Å². The van der Waals surface area contributed by atoms with Crippen molar-refractivity contribution in [1.29, 1.82) is 0 Å². The summed E-state index contributed by atoms with van der Waals surface area (Å²) in [6.45, 7) is 9.76. The van der Waals surface area contributed by atoms with Crippen LogP contribution >= 0.6 is 0 Å². The van der Waals surface area contributed by atoms with Gasteiger partial charge in [0.15, 0.2) is 0 Å². The monoisotopic (exact) mass is 1440 g/mol. The number of rotatable bonds is 13. The molecule has 8 bridgehead atoms. The molecule has 8 fully saturated rings. The van der Waals surface area contributed by atoms with Gasteiger partial charge in [0, 0.05) is 44.4 Å². The molecule has 0 atom stereocenters. The van der Waals surface area contributed by atoms with E-state index in [1.165, 1.54) is 210 Å². The summed E-state index contributed by atoms with van der Waals surface area (Å²) in [5.74, 6) is 5.64. The molecular formula is C110H94N2. The Bertz CT molecular complexity index is 6230. The van der Waals surface area contributed by atoms with Crippen LogP contribution in [0.3, 0.4) is 0 Å². The molecule has 544 valence electrons. The van der Waals surface area contributed by atoms with Gasteiger partial charge in [-0.3, -0.25) is 0 Å². The zero-order valence-corrected chi connectivity index (χ0v) is 64.9. The maximum Gasteiger partial charge on any atom is 0.0540 e. The highest BCUT2D eigenvalue weighted by Gasteiger charge is 2.53. The van der Waals surface area contributed by atoms with Gasteiger partial charge in [-0.1, -0.05) is 264 Å². The standard InChI is InChI=1S/C110H94N2/c1-107(2)101-59-81(77-26-37-85(38-27-77)109-63-69-52-70(64-109)54-71(53-69)65-109)34-48-97(101)99-50-45-89(61-103(99)107)111(105-24-10-17-79-16-8-9-19-93(79)105)88-43-32-80(33-44-88)91-20-12-23-96-92(21-13-22-95(91)96)84-36-47-94-83(58-84)18-11-25-106(94)112(87-41-30-76(31-42-87)75-14-6-5-7-15-75)90-46-51-100-98-49-35-82(60-102(98)108(3,4)104(100)62-90)78-28-39-86(40-29-78)110-66-72-55-73(67-110)57-74(56-72)68-110/h5-51,58-62,69-74H,52-57,63-68H2,1-4H3. The summed E-state index contributed by atoms with van der Waals surface area (Å²) in [6.07, 6.45) is 17.3. The van der Waals surface area contributed by atoms with Gasteiger partial charge in [0.25, 0.3) is 0 Å². The average Bonchev–Trinajstić information content (AvgIpc) is 1.53. The third-order valence-corrected chi connectivity index (χ3v) is 29.6. The maximum absolute atomic E-state index is 2.51. The first-order chi connectivity index (χ1) is 54.8. The van der Waals surface area contributed by atoms with Crippen molar-refractivity contribution in [2.45, 2.75) is 126 Å². The van der Waals surface area contributed by atoms with E-state index in [1.807, 2.05) is 0 Å². The first kappa shape index (κ1) is 66.5. The lowest BCUT2D eigenvalue weighted by Crippen LogP contribution is -2.48. The molecule has 0 aliphatic heterocycles. The Balaban J connectivity index is 0.556. The molecule has 2 heteroatoms. The Morgan fingerprint density at radius 1 is 0.223 bits per heavy atom. The third-order valence-electron chi connectivity index (χ3n) is 29.6. The minimum atomic E-state index is -0.226. The highest BCUT2D eigenvalue weighted by atomic mass is 15.1. The van der Waals surface area contributed by atoms with E-state index >= 15 is 0 Å². The second-order valence-electron chi connectivity index (χ2n) is 36.8. The molecule has 0 spiro atoms. The fourth-order valence-electron chi connectivity index (χ4n) is 25.0.